The molecule has 3 N–H and O–H groups in total. The number of aliphatic hydroxyl groups excluding tert-OH is 1. The van der Waals surface area contributed by atoms with E-state index in [4.69, 9.17) is 10.2 Å². The van der Waals surface area contributed by atoms with E-state index in [9.17, 15) is 13.2 Å². The number of primary sulfonamides is 1. The molecule has 0 aromatic carbocycles. The van der Waals surface area contributed by atoms with E-state index >= 15 is 0 Å². The third-order valence-electron chi connectivity index (χ3n) is 2.01. The Hall–Kier alpha value is -0.660. The molecule has 76 valence electrons. The maximum atomic E-state index is 11.1. The van der Waals surface area contributed by atoms with Gasteiger partial charge in [0.15, 0.2) is 0 Å². The van der Waals surface area contributed by atoms with Crippen molar-refractivity contribution in [2.45, 2.75) is 11.7 Å². The van der Waals surface area contributed by atoms with Crippen molar-refractivity contribution in [3.63, 3.8) is 0 Å². The summed E-state index contributed by atoms with van der Waals surface area (Å²) in [4.78, 5) is 12.4. The molecule has 1 saturated heterocycles. The van der Waals surface area contributed by atoms with Crippen LogP contribution in [-0.2, 0) is 14.8 Å². The molecule has 1 fully saturated rings. The first kappa shape index (κ1) is 10.4. The van der Waals surface area contributed by atoms with Gasteiger partial charge in [-0.3, -0.25) is 4.79 Å². The topological polar surface area (TPSA) is 101 Å². The van der Waals surface area contributed by atoms with Gasteiger partial charge in [-0.2, -0.15) is 0 Å². The SMILES string of the molecule is NS(=O)(=O)C1CC(=O)N(CCO)C1. The maximum Gasteiger partial charge on any atom is 0.224 e. The number of nitrogens with two attached hydrogens (primary N) is 1. The lowest BCUT2D eigenvalue weighted by Crippen LogP contribution is -2.33. The highest BCUT2D eigenvalue weighted by molar-refractivity contribution is 7.89. The lowest BCUT2D eigenvalue weighted by molar-refractivity contribution is -0.128. The van der Waals surface area contributed by atoms with Crippen molar-refractivity contribution in [1.82, 2.24) is 4.90 Å². The van der Waals surface area contributed by atoms with E-state index in [1.165, 1.54) is 4.90 Å². The predicted molar refractivity (Wildman–Crippen MR) is 45.2 cm³/mol. The van der Waals surface area contributed by atoms with Crippen LogP contribution in [0.3, 0.4) is 0 Å². The second-order valence-corrected chi connectivity index (χ2v) is 4.82. The molecule has 0 saturated carbocycles. The molecule has 1 aliphatic heterocycles. The van der Waals surface area contributed by atoms with Crippen molar-refractivity contribution in [3.8, 4) is 0 Å². The third-order valence-corrected chi connectivity index (χ3v) is 3.26. The number of aliphatic hydroxyl groups is 1. The summed E-state index contributed by atoms with van der Waals surface area (Å²) in [7, 11) is -3.63. The summed E-state index contributed by atoms with van der Waals surface area (Å²) >= 11 is 0. The number of likely N-dealkylation sites (tertiary alicyclic amines) is 1. The van der Waals surface area contributed by atoms with Crippen molar-refractivity contribution in [3.05, 3.63) is 0 Å². The van der Waals surface area contributed by atoms with Gasteiger partial charge in [0.2, 0.25) is 15.9 Å². The average molecular weight is 208 g/mol. The Bertz CT molecular complexity index is 300. The minimum atomic E-state index is -3.63. The lowest BCUT2D eigenvalue weighted by atomic mass is 10.4. The summed E-state index contributed by atoms with van der Waals surface area (Å²) in [5, 5.41) is 12.6. The molecule has 0 radical (unpaired) electrons. The van der Waals surface area contributed by atoms with Crippen molar-refractivity contribution >= 4 is 15.9 Å². The highest BCUT2D eigenvalue weighted by Gasteiger charge is 2.35. The largest absolute Gasteiger partial charge is 0.395 e. The molecule has 1 unspecified atom stereocenters. The fourth-order valence-corrected chi connectivity index (χ4v) is 2.06. The number of β-amino-alcohol motifs (C(OH)–C–C–N with tert-alkyl or cyclic N) is 1. The third kappa shape index (κ3) is 2.39. The first-order valence-electron chi connectivity index (χ1n) is 3.85. The standard InChI is InChI=1S/C6H12N2O4S/c7-13(11,12)5-3-6(10)8(4-5)1-2-9/h5,9H,1-4H2,(H2,7,11,12). The Labute approximate surface area is 76.4 Å². The summed E-state index contributed by atoms with van der Waals surface area (Å²) in [5.74, 6) is -0.270. The molecule has 6 nitrogen and oxygen atoms in total. The van der Waals surface area contributed by atoms with E-state index in [1.54, 1.807) is 0 Å². The van der Waals surface area contributed by atoms with Crippen LogP contribution in [0.25, 0.3) is 0 Å². The van der Waals surface area contributed by atoms with E-state index < -0.39 is 15.3 Å². The van der Waals surface area contributed by atoms with Gasteiger partial charge in [0.1, 0.15) is 5.25 Å². The molecule has 1 heterocycles. The fraction of sp³-hybridized carbons (Fsp3) is 0.833. The van der Waals surface area contributed by atoms with Gasteiger partial charge in [-0.05, 0) is 0 Å². The molecule has 0 aromatic rings. The maximum absolute atomic E-state index is 11.1. The number of rotatable bonds is 3. The zero-order valence-electron chi connectivity index (χ0n) is 7.01. The van der Waals surface area contributed by atoms with Gasteiger partial charge < -0.3 is 10.0 Å². The van der Waals surface area contributed by atoms with Gasteiger partial charge in [0.25, 0.3) is 0 Å². The summed E-state index contributed by atoms with van der Waals surface area (Å²) < 4.78 is 21.7. The van der Waals surface area contributed by atoms with Gasteiger partial charge in [-0.25, -0.2) is 13.6 Å². The monoisotopic (exact) mass is 208 g/mol. The molecular weight excluding hydrogens is 196 g/mol. The number of carbonyl (C=O) groups excluding carboxylic acids is 1. The Kier molecular flexibility index (Phi) is 2.89. The molecule has 0 bridgehead atoms. The van der Waals surface area contributed by atoms with Gasteiger partial charge in [0, 0.05) is 19.5 Å². The molecule has 7 heteroatoms. The summed E-state index contributed by atoms with van der Waals surface area (Å²) in [6.07, 6.45) is -0.0706. The quantitative estimate of drug-likeness (QED) is 0.553. The molecule has 1 rings (SSSR count). The van der Waals surface area contributed by atoms with E-state index in [0.717, 1.165) is 0 Å². The van der Waals surface area contributed by atoms with Crippen molar-refractivity contribution < 1.29 is 18.3 Å². The first-order chi connectivity index (χ1) is 5.95. The minimum Gasteiger partial charge on any atom is -0.395 e. The number of amides is 1. The van der Waals surface area contributed by atoms with Gasteiger partial charge in [-0.1, -0.05) is 0 Å². The normalized spacial score (nSPS) is 24.0. The summed E-state index contributed by atoms with van der Waals surface area (Å²) in [5.41, 5.74) is 0. The van der Waals surface area contributed by atoms with E-state index in [1.807, 2.05) is 0 Å². The fourth-order valence-electron chi connectivity index (χ4n) is 1.29. The molecule has 1 amide bonds. The molecule has 1 atom stereocenters. The molecule has 1 aliphatic rings. The van der Waals surface area contributed by atoms with Gasteiger partial charge in [-0.15, -0.1) is 0 Å². The lowest BCUT2D eigenvalue weighted by Gasteiger charge is -2.13. The summed E-state index contributed by atoms with van der Waals surface area (Å²) in [6, 6.07) is 0. The molecule has 0 aromatic heterocycles. The van der Waals surface area contributed by atoms with Crippen molar-refractivity contribution in [1.29, 1.82) is 0 Å². The van der Waals surface area contributed by atoms with Gasteiger partial charge >= 0.3 is 0 Å². The second-order valence-electron chi connectivity index (χ2n) is 2.98. The highest BCUT2D eigenvalue weighted by atomic mass is 32.2. The van der Waals surface area contributed by atoms with Crippen LogP contribution in [0.4, 0.5) is 0 Å². The van der Waals surface area contributed by atoms with Crippen LogP contribution in [0.5, 0.6) is 0 Å². The van der Waals surface area contributed by atoms with Crippen LogP contribution >= 0.6 is 0 Å². The van der Waals surface area contributed by atoms with Crippen LogP contribution in [0, 0.1) is 0 Å². The molecule has 13 heavy (non-hydrogen) atoms. The summed E-state index contributed by atoms with van der Waals surface area (Å²) in [6.45, 7) is 0.103. The van der Waals surface area contributed by atoms with E-state index in [0.29, 0.717) is 0 Å². The van der Waals surface area contributed by atoms with Crippen LogP contribution < -0.4 is 5.14 Å². The zero-order chi connectivity index (χ0) is 10.1. The Morgan fingerprint density at radius 3 is 2.62 bits per heavy atom. The minimum absolute atomic E-state index is 0.0706. The number of sulfonamides is 1. The van der Waals surface area contributed by atoms with Crippen molar-refractivity contribution in [2.24, 2.45) is 5.14 Å². The number of nitrogens with zero attached hydrogens (tertiary/aromatic N) is 1. The smallest absolute Gasteiger partial charge is 0.224 e. The zero-order valence-corrected chi connectivity index (χ0v) is 7.83. The molecule has 0 spiro atoms. The van der Waals surface area contributed by atoms with Crippen LogP contribution in [0.15, 0.2) is 0 Å². The number of hydrogen-bond acceptors (Lipinski definition) is 4. The van der Waals surface area contributed by atoms with Crippen LogP contribution in [-0.4, -0.2) is 49.3 Å². The van der Waals surface area contributed by atoms with Crippen LogP contribution in [0.1, 0.15) is 6.42 Å². The van der Waals surface area contributed by atoms with E-state index in [2.05, 4.69) is 0 Å². The van der Waals surface area contributed by atoms with Gasteiger partial charge in [0.05, 0.1) is 6.61 Å². The molecular formula is C6H12N2O4S. The first-order valence-corrected chi connectivity index (χ1v) is 5.46. The Balaban J connectivity index is 2.66. The highest BCUT2D eigenvalue weighted by Crippen LogP contribution is 2.15. The molecule has 0 aliphatic carbocycles. The average Bonchev–Trinajstić information content (AvgIpc) is 2.32. The van der Waals surface area contributed by atoms with E-state index in [-0.39, 0.29) is 32.0 Å². The van der Waals surface area contributed by atoms with Crippen LogP contribution in [0.2, 0.25) is 0 Å². The predicted octanol–water partition coefficient (Wildman–Crippen LogP) is -2.13. The second kappa shape index (κ2) is 3.60. The number of hydrogen-bond donors (Lipinski definition) is 2. The Morgan fingerprint density at radius 1 is 1.62 bits per heavy atom. The number of carbonyl (C=O) groups is 1. The van der Waals surface area contributed by atoms with Crippen molar-refractivity contribution in [2.75, 3.05) is 19.7 Å². The Morgan fingerprint density at radius 2 is 2.23 bits per heavy atom.